The Morgan fingerprint density at radius 3 is 2.13 bits per heavy atom. The minimum absolute atomic E-state index is 0.146. The van der Waals surface area contributed by atoms with Crippen LogP contribution in [-0.4, -0.2) is 0 Å². The summed E-state index contributed by atoms with van der Waals surface area (Å²) < 4.78 is 30.2. The Labute approximate surface area is 177 Å². The van der Waals surface area contributed by atoms with E-state index in [9.17, 15) is 4.39 Å². The van der Waals surface area contributed by atoms with Gasteiger partial charge in [0.05, 0.1) is 0 Å². The second kappa shape index (κ2) is 7.19. The number of rotatable bonds is 3. The normalized spacial score (nSPS) is 12.6. The molecule has 0 aliphatic heterocycles. The fourth-order valence-corrected chi connectivity index (χ4v) is 4.69. The molecule has 0 saturated heterocycles. The van der Waals surface area contributed by atoms with Gasteiger partial charge in [0.15, 0.2) is 0 Å². The molecule has 2 heteroatoms. The lowest BCUT2D eigenvalue weighted by Crippen LogP contribution is -2.23. The van der Waals surface area contributed by atoms with Crippen molar-refractivity contribution in [3.05, 3.63) is 95.1 Å². The van der Waals surface area contributed by atoms with Crippen molar-refractivity contribution in [2.75, 3.05) is 0 Å². The van der Waals surface area contributed by atoms with Crippen LogP contribution in [0.2, 0.25) is 0 Å². The number of hydrogen-bond donors (Lipinski definition) is 0. The van der Waals surface area contributed by atoms with Gasteiger partial charge in [-0.3, -0.25) is 0 Å². The average Bonchev–Trinajstić information content (AvgIpc) is 2.66. The van der Waals surface area contributed by atoms with Crippen molar-refractivity contribution < 1.29 is 8.78 Å². The second-order valence-electron chi connectivity index (χ2n) is 9.94. The molecule has 0 N–H and O–H groups in total. The lowest BCUT2D eigenvalue weighted by atomic mass is 9.76. The molecule has 0 saturated carbocycles. The zero-order valence-corrected chi connectivity index (χ0v) is 18.3. The van der Waals surface area contributed by atoms with Crippen molar-refractivity contribution in [1.82, 2.24) is 0 Å². The first-order valence-corrected chi connectivity index (χ1v) is 10.5. The molecular formula is C28H28F2. The third-order valence-corrected chi connectivity index (χ3v) is 6.00. The highest BCUT2D eigenvalue weighted by Crippen LogP contribution is 2.37. The molecule has 0 nitrogen and oxygen atoms in total. The topological polar surface area (TPSA) is 0 Å². The molecule has 0 radical (unpaired) electrons. The van der Waals surface area contributed by atoms with Crippen LogP contribution < -0.4 is 0 Å². The molecule has 0 fully saturated rings. The molecule has 0 aliphatic carbocycles. The van der Waals surface area contributed by atoms with Crippen molar-refractivity contribution in [3.63, 3.8) is 0 Å². The average molecular weight is 403 g/mol. The molecule has 0 amide bonds. The van der Waals surface area contributed by atoms with Crippen molar-refractivity contribution in [2.45, 2.75) is 51.9 Å². The standard InChI is InChI=1S/C28H28F2/c1-27(2,3)22-12-8-10-20-15-18(16-24(30)25(20)22)17-28(4,5)26-21-11-7-6-9-19(21)13-14-23(26)29/h6-16H,17H2,1-5H3. The van der Waals surface area contributed by atoms with Crippen molar-refractivity contribution in [3.8, 4) is 0 Å². The van der Waals surface area contributed by atoms with Crippen LogP contribution in [0.3, 0.4) is 0 Å². The molecule has 0 spiro atoms. The first kappa shape index (κ1) is 20.5. The first-order chi connectivity index (χ1) is 14.1. The minimum atomic E-state index is -0.493. The molecule has 4 rings (SSSR count). The van der Waals surface area contributed by atoms with Gasteiger partial charge in [-0.2, -0.15) is 0 Å². The third-order valence-electron chi connectivity index (χ3n) is 6.00. The highest BCUT2D eigenvalue weighted by Gasteiger charge is 2.28. The van der Waals surface area contributed by atoms with Crippen LogP contribution in [0.4, 0.5) is 8.78 Å². The zero-order valence-electron chi connectivity index (χ0n) is 18.3. The molecular weight excluding hydrogens is 374 g/mol. The summed E-state index contributed by atoms with van der Waals surface area (Å²) in [6, 6.07) is 20.8. The zero-order chi connectivity index (χ0) is 21.7. The van der Waals surface area contributed by atoms with Gasteiger partial charge in [0, 0.05) is 10.9 Å². The van der Waals surface area contributed by atoms with Crippen LogP contribution in [0.5, 0.6) is 0 Å². The summed E-state index contributed by atoms with van der Waals surface area (Å²) in [5, 5.41) is 3.51. The summed E-state index contributed by atoms with van der Waals surface area (Å²) in [6.07, 6.45) is 0.546. The van der Waals surface area contributed by atoms with E-state index in [0.29, 0.717) is 17.4 Å². The van der Waals surface area contributed by atoms with E-state index in [-0.39, 0.29) is 17.0 Å². The van der Waals surface area contributed by atoms with Crippen LogP contribution in [0.1, 0.15) is 51.3 Å². The lowest BCUT2D eigenvalue weighted by Gasteiger charge is -2.28. The minimum Gasteiger partial charge on any atom is -0.207 e. The summed E-state index contributed by atoms with van der Waals surface area (Å²) in [6.45, 7) is 10.4. The Bertz CT molecular complexity index is 1240. The predicted octanol–water partition coefficient (Wildman–Crippen LogP) is 8.09. The maximum absolute atomic E-state index is 15.3. The van der Waals surface area contributed by atoms with Crippen molar-refractivity contribution in [2.24, 2.45) is 0 Å². The molecule has 4 aromatic carbocycles. The van der Waals surface area contributed by atoms with E-state index in [4.69, 9.17) is 0 Å². The molecule has 30 heavy (non-hydrogen) atoms. The van der Waals surface area contributed by atoms with Gasteiger partial charge in [-0.25, -0.2) is 8.78 Å². The van der Waals surface area contributed by atoms with E-state index in [0.717, 1.165) is 27.3 Å². The number of benzene rings is 4. The van der Waals surface area contributed by atoms with Gasteiger partial charge >= 0.3 is 0 Å². The van der Waals surface area contributed by atoms with Crippen LogP contribution in [0.15, 0.2) is 66.7 Å². The molecule has 0 bridgehead atoms. The van der Waals surface area contributed by atoms with Crippen LogP contribution >= 0.6 is 0 Å². The molecule has 0 heterocycles. The van der Waals surface area contributed by atoms with Gasteiger partial charge in [-0.1, -0.05) is 89.2 Å². The van der Waals surface area contributed by atoms with Crippen LogP contribution in [0, 0.1) is 11.6 Å². The van der Waals surface area contributed by atoms with Gasteiger partial charge in [0.2, 0.25) is 0 Å². The van der Waals surface area contributed by atoms with Gasteiger partial charge < -0.3 is 0 Å². The summed E-state index contributed by atoms with van der Waals surface area (Å²) >= 11 is 0. The van der Waals surface area contributed by atoms with Gasteiger partial charge in [0.1, 0.15) is 11.6 Å². The van der Waals surface area contributed by atoms with E-state index in [1.54, 1.807) is 6.07 Å². The van der Waals surface area contributed by atoms with Crippen molar-refractivity contribution in [1.29, 1.82) is 0 Å². The van der Waals surface area contributed by atoms with Crippen molar-refractivity contribution >= 4 is 21.5 Å². The Balaban J connectivity index is 1.83. The Morgan fingerprint density at radius 2 is 1.40 bits per heavy atom. The van der Waals surface area contributed by atoms with E-state index >= 15 is 4.39 Å². The van der Waals surface area contributed by atoms with Gasteiger partial charge in [-0.05, 0) is 56.7 Å². The maximum Gasteiger partial charge on any atom is 0.131 e. The van der Waals surface area contributed by atoms with E-state index in [2.05, 4.69) is 26.8 Å². The largest absolute Gasteiger partial charge is 0.207 e. The molecule has 154 valence electrons. The summed E-state index contributed by atoms with van der Waals surface area (Å²) in [4.78, 5) is 0. The quantitative estimate of drug-likeness (QED) is 0.325. The molecule has 0 aromatic heterocycles. The Hall–Kier alpha value is -2.74. The molecule has 0 unspecified atom stereocenters. The summed E-state index contributed by atoms with van der Waals surface area (Å²) in [5.41, 5.74) is 1.93. The SMILES string of the molecule is CC(C)(C)c1cccc2cc(CC(C)(C)c3c(F)ccc4ccccc34)cc(F)c12. The predicted molar refractivity (Wildman–Crippen MR) is 123 cm³/mol. The Kier molecular flexibility index (Phi) is 4.92. The molecule has 4 aromatic rings. The first-order valence-electron chi connectivity index (χ1n) is 10.5. The lowest BCUT2D eigenvalue weighted by molar-refractivity contribution is 0.485. The van der Waals surface area contributed by atoms with E-state index in [1.807, 2.05) is 62.4 Å². The number of halogens is 2. The summed E-state index contributed by atoms with van der Waals surface area (Å²) in [7, 11) is 0. The highest BCUT2D eigenvalue weighted by atomic mass is 19.1. The number of hydrogen-bond acceptors (Lipinski definition) is 0. The summed E-state index contributed by atoms with van der Waals surface area (Å²) in [5.74, 6) is -0.419. The van der Waals surface area contributed by atoms with Gasteiger partial charge in [0.25, 0.3) is 0 Å². The maximum atomic E-state index is 15.3. The van der Waals surface area contributed by atoms with E-state index in [1.165, 1.54) is 6.07 Å². The van der Waals surface area contributed by atoms with E-state index < -0.39 is 5.41 Å². The second-order valence-corrected chi connectivity index (χ2v) is 9.94. The van der Waals surface area contributed by atoms with Gasteiger partial charge in [-0.15, -0.1) is 0 Å². The molecule has 0 atom stereocenters. The molecule has 0 aliphatic rings. The third kappa shape index (κ3) is 3.60. The monoisotopic (exact) mass is 402 g/mol. The Morgan fingerprint density at radius 1 is 0.700 bits per heavy atom. The fraction of sp³-hybridized carbons (Fsp3) is 0.286. The smallest absolute Gasteiger partial charge is 0.131 e. The van der Waals surface area contributed by atoms with Crippen LogP contribution in [-0.2, 0) is 17.3 Å². The fourth-order valence-electron chi connectivity index (χ4n) is 4.69. The highest BCUT2D eigenvalue weighted by molar-refractivity contribution is 5.88. The number of fused-ring (bicyclic) bond motifs is 2. The van der Waals surface area contributed by atoms with Crippen LogP contribution in [0.25, 0.3) is 21.5 Å².